The molecule has 0 unspecified atom stereocenters. The average molecular weight is 340 g/mol. The largest absolute Gasteiger partial charge is 0.362 e. The molecular formula is C16H13FN6S. The molecule has 0 fully saturated rings. The van der Waals surface area contributed by atoms with Crippen LogP contribution in [0.25, 0.3) is 21.6 Å². The van der Waals surface area contributed by atoms with Crippen molar-refractivity contribution in [2.75, 3.05) is 5.32 Å². The topological polar surface area (TPSA) is 79.4 Å². The Labute approximate surface area is 140 Å². The lowest BCUT2D eigenvalue weighted by atomic mass is 10.2. The second-order valence-corrected chi connectivity index (χ2v) is 6.15. The Bertz CT molecular complexity index is 991. The smallest absolute Gasteiger partial charge is 0.181 e. The van der Waals surface area contributed by atoms with E-state index in [-0.39, 0.29) is 5.82 Å². The maximum atomic E-state index is 13.0. The fourth-order valence-corrected chi connectivity index (χ4v) is 3.31. The van der Waals surface area contributed by atoms with Gasteiger partial charge < -0.3 is 5.32 Å². The summed E-state index contributed by atoms with van der Waals surface area (Å²) in [5.74, 6) is 1.70. The highest BCUT2D eigenvalue weighted by atomic mass is 32.1. The van der Waals surface area contributed by atoms with Crippen molar-refractivity contribution in [2.24, 2.45) is 0 Å². The Balaban J connectivity index is 1.54. The highest BCUT2D eigenvalue weighted by Crippen LogP contribution is 2.28. The van der Waals surface area contributed by atoms with Crippen LogP contribution in [0, 0.1) is 12.7 Å². The number of nitrogens with one attached hydrogen (secondary N) is 2. The predicted octanol–water partition coefficient (Wildman–Crippen LogP) is 3.54. The zero-order chi connectivity index (χ0) is 16.5. The standard InChI is InChI=1S/C16H13FN6S/c1-9-7-24-16-13(9)15(19-8-20-16)18-6-12-21-14(23-22-12)10-2-4-11(17)5-3-10/h2-5,7-8H,6H2,1H3,(H,18,19,20)(H,21,22,23). The molecule has 0 aliphatic carbocycles. The van der Waals surface area contributed by atoms with E-state index < -0.39 is 0 Å². The molecule has 0 amide bonds. The summed E-state index contributed by atoms with van der Waals surface area (Å²) in [6.45, 7) is 2.49. The van der Waals surface area contributed by atoms with Crippen molar-refractivity contribution in [1.82, 2.24) is 25.1 Å². The first-order valence-corrected chi connectivity index (χ1v) is 8.18. The van der Waals surface area contributed by atoms with Gasteiger partial charge in [-0.05, 0) is 42.1 Å². The van der Waals surface area contributed by atoms with Crippen molar-refractivity contribution >= 4 is 27.4 Å². The van der Waals surface area contributed by atoms with Crippen molar-refractivity contribution in [1.29, 1.82) is 0 Å². The number of thiophene rings is 1. The van der Waals surface area contributed by atoms with Gasteiger partial charge in [0.15, 0.2) is 5.82 Å². The minimum Gasteiger partial charge on any atom is -0.362 e. The van der Waals surface area contributed by atoms with Crippen LogP contribution in [0.3, 0.4) is 0 Å². The Kier molecular flexibility index (Phi) is 3.66. The van der Waals surface area contributed by atoms with Crippen LogP contribution in [0.5, 0.6) is 0 Å². The SMILES string of the molecule is Cc1csc2ncnc(NCc3nc(-c4ccc(F)cc4)n[nH]3)c12. The fourth-order valence-electron chi connectivity index (χ4n) is 2.42. The number of halogens is 1. The van der Waals surface area contributed by atoms with Gasteiger partial charge in [-0.3, -0.25) is 5.10 Å². The molecule has 0 saturated heterocycles. The summed E-state index contributed by atoms with van der Waals surface area (Å²) in [5.41, 5.74) is 1.90. The number of aromatic amines is 1. The first-order valence-electron chi connectivity index (χ1n) is 7.30. The van der Waals surface area contributed by atoms with Crippen LogP contribution in [-0.4, -0.2) is 25.1 Å². The van der Waals surface area contributed by atoms with E-state index in [1.165, 1.54) is 12.1 Å². The number of aryl methyl sites for hydroxylation is 1. The van der Waals surface area contributed by atoms with Gasteiger partial charge in [-0.15, -0.1) is 11.3 Å². The van der Waals surface area contributed by atoms with Crippen molar-refractivity contribution in [3.8, 4) is 11.4 Å². The van der Waals surface area contributed by atoms with E-state index in [9.17, 15) is 4.39 Å². The predicted molar refractivity (Wildman–Crippen MR) is 91.3 cm³/mol. The van der Waals surface area contributed by atoms with Crippen molar-refractivity contribution < 1.29 is 4.39 Å². The third kappa shape index (κ3) is 2.71. The molecule has 4 aromatic rings. The van der Waals surface area contributed by atoms with E-state index in [2.05, 4.69) is 35.8 Å². The molecule has 3 heterocycles. The van der Waals surface area contributed by atoms with E-state index in [1.54, 1.807) is 29.8 Å². The molecule has 0 saturated carbocycles. The van der Waals surface area contributed by atoms with Crippen LogP contribution in [-0.2, 0) is 6.54 Å². The highest BCUT2D eigenvalue weighted by Gasteiger charge is 2.10. The minimum atomic E-state index is -0.282. The van der Waals surface area contributed by atoms with Crippen molar-refractivity contribution in [3.63, 3.8) is 0 Å². The molecule has 0 spiro atoms. The molecule has 2 N–H and O–H groups in total. The van der Waals surface area contributed by atoms with Crippen molar-refractivity contribution in [2.45, 2.75) is 13.5 Å². The Morgan fingerprint density at radius 3 is 2.88 bits per heavy atom. The molecule has 4 rings (SSSR count). The number of nitrogens with zero attached hydrogens (tertiary/aromatic N) is 4. The van der Waals surface area contributed by atoms with Crippen LogP contribution >= 0.6 is 11.3 Å². The molecule has 0 atom stereocenters. The summed E-state index contributed by atoms with van der Waals surface area (Å²) in [6, 6.07) is 6.08. The maximum Gasteiger partial charge on any atom is 0.181 e. The molecule has 0 aliphatic rings. The van der Waals surface area contributed by atoms with Gasteiger partial charge in [0.25, 0.3) is 0 Å². The van der Waals surface area contributed by atoms with Crippen molar-refractivity contribution in [3.05, 3.63) is 53.2 Å². The zero-order valence-electron chi connectivity index (χ0n) is 12.7. The molecule has 120 valence electrons. The van der Waals surface area contributed by atoms with Crippen LogP contribution in [0.15, 0.2) is 36.0 Å². The van der Waals surface area contributed by atoms with Gasteiger partial charge in [-0.2, -0.15) is 5.10 Å². The van der Waals surface area contributed by atoms with Gasteiger partial charge in [0.1, 0.15) is 28.6 Å². The molecular weight excluding hydrogens is 327 g/mol. The Morgan fingerprint density at radius 1 is 1.21 bits per heavy atom. The first-order chi connectivity index (χ1) is 11.7. The number of fused-ring (bicyclic) bond motifs is 1. The monoisotopic (exact) mass is 340 g/mol. The van der Waals surface area contributed by atoms with Gasteiger partial charge in [-0.25, -0.2) is 19.3 Å². The average Bonchev–Trinajstić information content (AvgIpc) is 3.21. The van der Waals surface area contributed by atoms with E-state index >= 15 is 0 Å². The van der Waals surface area contributed by atoms with Crippen LogP contribution in [0.1, 0.15) is 11.4 Å². The number of anilines is 1. The molecule has 24 heavy (non-hydrogen) atoms. The highest BCUT2D eigenvalue weighted by molar-refractivity contribution is 7.17. The van der Waals surface area contributed by atoms with Gasteiger partial charge in [0.2, 0.25) is 0 Å². The summed E-state index contributed by atoms with van der Waals surface area (Å²) in [6.07, 6.45) is 1.55. The lowest BCUT2D eigenvalue weighted by molar-refractivity contribution is 0.628. The van der Waals surface area contributed by atoms with Gasteiger partial charge >= 0.3 is 0 Å². The number of benzene rings is 1. The molecule has 3 aromatic heterocycles. The van der Waals surface area contributed by atoms with Gasteiger partial charge in [-0.1, -0.05) is 0 Å². The third-order valence-corrected chi connectivity index (χ3v) is 4.62. The summed E-state index contributed by atoms with van der Waals surface area (Å²) in [7, 11) is 0. The lowest BCUT2D eigenvalue weighted by Crippen LogP contribution is -2.04. The minimum absolute atomic E-state index is 0.282. The summed E-state index contributed by atoms with van der Waals surface area (Å²) in [5, 5.41) is 13.4. The number of aromatic nitrogens is 5. The Hall–Kier alpha value is -2.87. The van der Waals surface area contributed by atoms with Gasteiger partial charge in [0, 0.05) is 5.56 Å². The van der Waals surface area contributed by atoms with E-state index in [0.29, 0.717) is 18.2 Å². The summed E-state index contributed by atoms with van der Waals surface area (Å²) in [4.78, 5) is 14.0. The number of hydrogen-bond acceptors (Lipinski definition) is 6. The number of hydrogen-bond donors (Lipinski definition) is 2. The molecule has 0 radical (unpaired) electrons. The molecule has 6 nitrogen and oxygen atoms in total. The Morgan fingerprint density at radius 2 is 2.04 bits per heavy atom. The quantitative estimate of drug-likeness (QED) is 0.594. The van der Waals surface area contributed by atoms with Gasteiger partial charge in [0.05, 0.1) is 11.9 Å². The normalized spacial score (nSPS) is 11.1. The lowest BCUT2D eigenvalue weighted by Gasteiger charge is -2.04. The summed E-state index contributed by atoms with van der Waals surface area (Å²) < 4.78 is 13.0. The van der Waals surface area contributed by atoms with Crippen LogP contribution in [0.4, 0.5) is 10.2 Å². The number of H-pyrrole nitrogens is 1. The van der Waals surface area contributed by atoms with Crippen LogP contribution < -0.4 is 5.32 Å². The van der Waals surface area contributed by atoms with E-state index in [0.717, 1.165) is 27.2 Å². The summed E-state index contributed by atoms with van der Waals surface area (Å²) >= 11 is 1.59. The maximum absolute atomic E-state index is 13.0. The second kappa shape index (κ2) is 5.97. The van der Waals surface area contributed by atoms with E-state index in [4.69, 9.17) is 0 Å². The first kappa shape index (κ1) is 14.7. The molecule has 8 heteroatoms. The second-order valence-electron chi connectivity index (χ2n) is 5.29. The molecule has 0 bridgehead atoms. The zero-order valence-corrected chi connectivity index (χ0v) is 13.6. The molecule has 0 aliphatic heterocycles. The number of rotatable bonds is 4. The van der Waals surface area contributed by atoms with Crippen LogP contribution in [0.2, 0.25) is 0 Å². The third-order valence-electron chi connectivity index (χ3n) is 3.61. The molecule has 1 aromatic carbocycles. The van der Waals surface area contributed by atoms with E-state index in [1.807, 2.05) is 6.92 Å². The fraction of sp³-hybridized carbons (Fsp3) is 0.125.